The van der Waals surface area contributed by atoms with Crippen molar-refractivity contribution >= 4 is 27.3 Å². The summed E-state index contributed by atoms with van der Waals surface area (Å²) >= 11 is 0. The molecule has 0 aliphatic rings. The number of anilines is 3. The van der Waals surface area contributed by atoms with Gasteiger partial charge < -0.3 is 5.32 Å². The zero-order valence-corrected chi connectivity index (χ0v) is 15.0. The Hall–Kier alpha value is -3.00. The SMILES string of the molecule is Cc1cccc(Nc2ccc(NS(=O)(=O)c3ccc(F)cc3)nn2)c1C. The van der Waals surface area contributed by atoms with Gasteiger partial charge in [-0.25, -0.2) is 12.8 Å². The van der Waals surface area contributed by atoms with Gasteiger partial charge in [-0.05, 0) is 67.4 Å². The smallest absolute Gasteiger partial charge is 0.263 e. The zero-order valence-electron chi connectivity index (χ0n) is 14.2. The minimum atomic E-state index is -3.85. The van der Waals surface area contributed by atoms with Crippen molar-refractivity contribution in [2.24, 2.45) is 0 Å². The van der Waals surface area contributed by atoms with Crippen molar-refractivity contribution in [3.8, 4) is 0 Å². The number of hydrogen-bond donors (Lipinski definition) is 2. The van der Waals surface area contributed by atoms with E-state index in [1.165, 1.54) is 18.2 Å². The third kappa shape index (κ3) is 3.97. The molecular weight excluding hydrogens is 355 g/mol. The van der Waals surface area contributed by atoms with Crippen molar-refractivity contribution in [2.45, 2.75) is 18.7 Å². The summed E-state index contributed by atoms with van der Waals surface area (Å²) < 4.78 is 39.8. The first-order chi connectivity index (χ1) is 12.3. The summed E-state index contributed by atoms with van der Waals surface area (Å²) in [7, 11) is -3.85. The van der Waals surface area contributed by atoms with Gasteiger partial charge in [0.1, 0.15) is 5.82 Å². The molecule has 2 aromatic carbocycles. The number of nitrogens with one attached hydrogen (secondary N) is 2. The second-order valence-corrected chi connectivity index (χ2v) is 7.42. The summed E-state index contributed by atoms with van der Waals surface area (Å²) in [5.41, 5.74) is 3.14. The quantitative estimate of drug-likeness (QED) is 0.712. The lowest BCUT2D eigenvalue weighted by atomic mass is 10.1. The van der Waals surface area contributed by atoms with E-state index in [4.69, 9.17) is 0 Å². The van der Waals surface area contributed by atoms with Crippen molar-refractivity contribution in [1.82, 2.24) is 10.2 Å². The first kappa shape index (κ1) is 17.8. The summed E-state index contributed by atoms with van der Waals surface area (Å²) in [6.07, 6.45) is 0. The number of rotatable bonds is 5. The van der Waals surface area contributed by atoms with Gasteiger partial charge in [-0.1, -0.05) is 12.1 Å². The molecule has 1 heterocycles. The fourth-order valence-electron chi connectivity index (χ4n) is 2.29. The van der Waals surface area contributed by atoms with E-state index in [-0.39, 0.29) is 10.7 Å². The second-order valence-electron chi connectivity index (χ2n) is 5.74. The van der Waals surface area contributed by atoms with E-state index >= 15 is 0 Å². The van der Waals surface area contributed by atoms with Crippen molar-refractivity contribution in [1.29, 1.82) is 0 Å². The highest BCUT2D eigenvalue weighted by molar-refractivity contribution is 7.92. The van der Waals surface area contributed by atoms with Crippen LogP contribution >= 0.6 is 0 Å². The van der Waals surface area contributed by atoms with Crippen LogP contribution < -0.4 is 10.0 Å². The molecule has 0 atom stereocenters. The number of nitrogens with zero attached hydrogens (tertiary/aromatic N) is 2. The molecular formula is C18H17FN4O2S. The van der Waals surface area contributed by atoms with E-state index in [0.717, 1.165) is 28.9 Å². The van der Waals surface area contributed by atoms with E-state index in [0.29, 0.717) is 5.82 Å². The monoisotopic (exact) mass is 372 g/mol. The number of hydrogen-bond acceptors (Lipinski definition) is 5. The minimum Gasteiger partial charge on any atom is -0.339 e. The Balaban J connectivity index is 1.75. The average Bonchev–Trinajstić information content (AvgIpc) is 2.61. The molecule has 0 spiro atoms. The predicted molar refractivity (Wildman–Crippen MR) is 98.4 cm³/mol. The van der Waals surface area contributed by atoms with Gasteiger partial charge in [-0.15, -0.1) is 10.2 Å². The summed E-state index contributed by atoms with van der Waals surface area (Å²) in [6.45, 7) is 4.01. The molecule has 0 bridgehead atoms. The molecule has 0 radical (unpaired) electrons. The van der Waals surface area contributed by atoms with Gasteiger partial charge in [-0.3, -0.25) is 4.72 Å². The number of halogens is 1. The Bertz CT molecular complexity index is 1020. The first-order valence-electron chi connectivity index (χ1n) is 7.80. The fourth-order valence-corrected chi connectivity index (χ4v) is 3.28. The lowest BCUT2D eigenvalue weighted by molar-refractivity contribution is 0.599. The molecule has 0 saturated heterocycles. The molecule has 0 fully saturated rings. The van der Waals surface area contributed by atoms with Crippen LogP contribution in [0.4, 0.5) is 21.7 Å². The maximum Gasteiger partial charge on any atom is 0.263 e. The summed E-state index contributed by atoms with van der Waals surface area (Å²) in [4.78, 5) is -0.0571. The van der Waals surface area contributed by atoms with Crippen molar-refractivity contribution in [2.75, 3.05) is 10.0 Å². The van der Waals surface area contributed by atoms with E-state index < -0.39 is 15.8 Å². The van der Waals surface area contributed by atoms with Crippen LogP contribution in [0.25, 0.3) is 0 Å². The molecule has 134 valence electrons. The van der Waals surface area contributed by atoms with Gasteiger partial charge in [-0.2, -0.15) is 0 Å². The molecule has 3 rings (SSSR count). The molecule has 0 saturated carbocycles. The van der Waals surface area contributed by atoms with E-state index in [1.54, 1.807) is 6.07 Å². The van der Waals surface area contributed by atoms with Crippen LogP contribution in [0.3, 0.4) is 0 Å². The van der Waals surface area contributed by atoms with E-state index in [9.17, 15) is 12.8 Å². The number of aromatic nitrogens is 2. The van der Waals surface area contributed by atoms with Crippen molar-refractivity contribution < 1.29 is 12.8 Å². The molecule has 26 heavy (non-hydrogen) atoms. The lowest BCUT2D eigenvalue weighted by Gasteiger charge is -2.11. The molecule has 0 amide bonds. The highest BCUT2D eigenvalue weighted by Crippen LogP contribution is 2.22. The van der Waals surface area contributed by atoms with Crippen LogP contribution in [-0.4, -0.2) is 18.6 Å². The second kappa shape index (κ2) is 7.09. The maximum absolute atomic E-state index is 12.9. The Labute approximate surface area is 151 Å². The standard InChI is InChI=1S/C18H17FN4O2S/c1-12-4-3-5-16(13(12)2)20-17-10-11-18(22-21-17)23-26(24,25)15-8-6-14(19)7-9-15/h3-11H,1-2H3,(H,20,21)(H,22,23). The number of sulfonamides is 1. The maximum atomic E-state index is 12.9. The Morgan fingerprint density at radius 3 is 2.19 bits per heavy atom. The number of benzene rings is 2. The van der Waals surface area contributed by atoms with Crippen LogP contribution in [0.2, 0.25) is 0 Å². The third-order valence-corrected chi connectivity index (χ3v) is 5.27. The lowest BCUT2D eigenvalue weighted by Crippen LogP contribution is -2.14. The largest absolute Gasteiger partial charge is 0.339 e. The molecule has 0 aliphatic heterocycles. The van der Waals surface area contributed by atoms with Gasteiger partial charge in [0.05, 0.1) is 4.90 Å². The van der Waals surface area contributed by atoms with Gasteiger partial charge in [0.2, 0.25) is 0 Å². The fraction of sp³-hybridized carbons (Fsp3) is 0.111. The molecule has 1 aromatic heterocycles. The molecule has 2 N–H and O–H groups in total. The molecule has 0 unspecified atom stereocenters. The predicted octanol–water partition coefficient (Wildman–Crippen LogP) is 3.78. The highest BCUT2D eigenvalue weighted by atomic mass is 32.2. The van der Waals surface area contributed by atoms with Gasteiger partial charge in [0.25, 0.3) is 10.0 Å². The van der Waals surface area contributed by atoms with Gasteiger partial charge in [0, 0.05) is 5.69 Å². The summed E-state index contributed by atoms with van der Waals surface area (Å²) in [6, 6.07) is 13.5. The van der Waals surface area contributed by atoms with Crippen LogP contribution in [-0.2, 0) is 10.0 Å². The van der Waals surface area contributed by atoms with Crippen LogP contribution in [0.15, 0.2) is 59.5 Å². The number of aryl methyl sites for hydroxylation is 1. The zero-order chi connectivity index (χ0) is 18.7. The molecule has 3 aromatic rings. The Morgan fingerprint density at radius 1 is 0.885 bits per heavy atom. The van der Waals surface area contributed by atoms with E-state index in [1.807, 2.05) is 32.0 Å². The average molecular weight is 372 g/mol. The normalized spacial score (nSPS) is 11.2. The van der Waals surface area contributed by atoms with Crippen molar-refractivity contribution in [3.63, 3.8) is 0 Å². The van der Waals surface area contributed by atoms with E-state index in [2.05, 4.69) is 20.2 Å². The first-order valence-corrected chi connectivity index (χ1v) is 9.29. The summed E-state index contributed by atoms with van der Waals surface area (Å²) in [5, 5.41) is 11.0. The van der Waals surface area contributed by atoms with Crippen LogP contribution in [0, 0.1) is 19.7 Å². The van der Waals surface area contributed by atoms with Gasteiger partial charge >= 0.3 is 0 Å². The Kier molecular flexibility index (Phi) is 4.85. The third-order valence-electron chi connectivity index (χ3n) is 3.89. The summed E-state index contributed by atoms with van der Waals surface area (Å²) in [5.74, 6) is 0.0508. The minimum absolute atomic E-state index is 0.0571. The topological polar surface area (TPSA) is 84.0 Å². The highest BCUT2D eigenvalue weighted by Gasteiger charge is 2.15. The van der Waals surface area contributed by atoms with Crippen LogP contribution in [0.1, 0.15) is 11.1 Å². The van der Waals surface area contributed by atoms with Gasteiger partial charge in [0.15, 0.2) is 11.6 Å². The molecule has 6 nitrogen and oxygen atoms in total. The van der Waals surface area contributed by atoms with Crippen LogP contribution in [0.5, 0.6) is 0 Å². The molecule has 0 aliphatic carbocycles. The van der Waals surface area contributed by atoms with Crippen molar-refractivity contribution in [3.05, 3.63) is 71.5 Å². The molecule has 8 heteroatoms. The Morgan fingerprint density at radius 2 is 1.54 bits per heavy atom.